The molecule has 0 saturated heterocycles. The van der Waals surface area contributed by atoms with Gasteiger partial charge in [0, 0.05) is 6.42 Å². The number of amides is 1. The number of quaternary nitrogens is 1. The lowest BCUT2D eigenvalue weighted by Gasteiger charge is -2.26. The van der Waals surface area contributed by atoms with E-state index in [2.05, 4.69) is 31.3 Å². The third-order valence-corrected chi connectivity index (χ3v) is 14.7. The van der Waals surface area contributed by atoms with Crippen molar-refractivity contribution in [3.8, 4) is 0 Å². The summed E-state index contributed by atoms with van der Waals surface area (Å²) in [6, 6.07) is -0.752. The van der Waals surface area contributed by atoms with E-state index >= 15 is 0 Å². The molecule has 3 unspecified atom stereocenters. The quantitative estimate of drug-likeness (QED) is 0.0243. The lowest BCUT2D eigenvalue weighted by Crippen LogP contribution is -2.46. The van der Waals surface area contributed by atoms with Gasteiger partial charge in [0.25, 0.3) is 0 Å². The molecular weight excluding hydrogens is 852 g/mol. The summed E-state index contributed by atoms with van der Waals surface area (Å²) in [5.41, 5.74) is 0. The molecule has 0 aromatic heterocycles. The fraction of sp³-hybridized carbons (Fsp3) is 0.948. The van der Waals surface area contributed by atoms with Gasteiger partial charge >= 0.3 is 7.82 Å². The lowest BCUT2D eigenvalue weighted by atomic mass is 10.0. The zero-order chi connectivity index (χ0) is 49.2. The Balaban J connectivity index is 3.66. The van der Waals surface area contributed by atoms with Gasteiger partial charge in [-0.25, -0.2) is 4.57 Å². The number of carbonyl (C=O) groups excluding carboxylic acids is 1. The Bertz CT molecular complexity index is 1100. The number of likely N-dealkylation sites (N-methyl/N-ethyl adjacent to an activating group) is 1. The van der Waals surface area contributed by atoms with Crippen LogP contribution in [0.15, 0.2) is 12.2 Å². The minimum atomic E-state index is -4.30. The molecule has 8 nitrogen and oxygen atoms in total. The second kappa shape index (κ2) is 50.2. The van der Waals surface area contributed by atoms with Crippen LogP contribution in [-0.4, -0.2) is 73.4 Å². The first-order valence-corrected chi connectivity index (χ1v) is 31.0. The van der Waals surface area contributed by atoms with Gasteiger partial charge in [-0.05, 0) is 38.5 Å². The predicted octanol–water partition coefficient (Wildman–Crippen LogP) is 17.8. The predicted molar refractivity (Wildman–Crippen MR) is 291 cm³/mol. The highest BCUT2D eigenvalue weighted by Crippen LogP contribution is 2.43. The van der Waals surface area contributed by atoms with Crippen LogP contribution in [0.1, 0.15) is 303 Å². The van der Waals surface area contributed by atoms with E-state index in [9.17, 15) is 19.4 Å². The molecule has 0 saturated carbocycles. The number of aliphatic hydroxyl groups excluding tert-OH is 1. The SMILES string of the molecule is CCCCCCCCCC/C=C\CCCCCCCCCCCCCCCCCCCCCCCCCCCCCC(=O)NC(COP(=O)(O)OCC[N+](C)(C)C)C(O)CCCCCCCC. The largest absolute Gasteiger partial charge is 0.472 e. The van der Waals surface area contributed by atoms with Crippen molar-refractivity contribution in [1.82, 2.24) is 5.32 Å². The first-order valence-electron chi connectivity index (χ1n) is 29.6. The van der Waals surface area contributed by atoms with E-state index in [-0.39, 0.29) is 19.1 Å². The number of allylic oxidation sites excluding steroid dienone is 2. The van der Waals surface area contributed by atoms with E-state index in [1.54, 1.807) is 0 Å². The molecule has 0 bridgehead atoms. The van der Waals surface area contributed by atoms with Gasteiger partial charge in [-0.3, -0.25) is 13.8 Å². The number of nitrogens with one attached hydrogen (secondary N) is 1. The van der Waals surface area contributed by atoms with E-state index < -0.39 is 20.0 Å². The zero-order valence-corrected chi connectivity index (χ0v) is 46.6. The number of nitrogens with zero attached hydrogens (tertiary/aromatic N) is 1. The van der Waals surface area contributed by atoms with Crippen LogP contribution in [-0.2, 0) is 18.4 Å². The first-order chi connectivity index (χ1) is 32.5. The lowest BCUT2D eigenvalue weighted by molar-refractivity contribution is -0.870. The minimum Gasteiger partial charge on any atom is -0.391 e. The Morgan fingerprint density at radius 3 is 1.15 bits per heavy atom. The molecule has 0 aromatic carbocycles. The monoisotopic (exact) mass is 970 g/mol. The second-order valence-corrected chi connectivity index (χ2v) is 23.2. The fourth-order valence-corrected chi connectivity index (χ4v) is 9.84. The van der Waals surface area contributed by atoms with Crippen LogP contribution in [0, 0.1) is 0 Å². The van der Waals surface area contributed by atoms with Gasteiger partial charge in [-0.15, -0.1) is 0 Å². The Morgan fingerprint density at radius 2 is 0.806 bits per heavy atom. The summed E-state index contributed by atoms with van der Waals surface area (Å²) in [6.45, 7) is 4.85. The number of carbonyl (C=O) groups is 1. The van der Waals surface area contributed by atoms with Gasteiger partial charge in [0.1, 0.15) is 13.2 Å². The summed E-state index contributed by atoms with van der Waals surface area (Å²) in [5, 5.41) is 13.8. The van der Waals surface area contributed by atoms with Crippen molar-refractivity contribution < 1.29 is 32.9 Å². The maximum atomic E-state index is 12.9. The van der Waals surface area contributed by atoms with E-state index in [4.69, 9.17) is 9.05 Å². The number of hydrogen-bond donors (Lipinski definition) is 3. The molecule has 67 heavy (non-hydrogen) atoms. The van der Waals surface area contributed by atoms with Gasteiger partial charge in [-0.2, -0.15) is 0 Å². The van der Waals surface area contributed by atoms with Crippen molar-refractivity contribution in [2.24, 2.45) is 0 Å². The molecule has 0 fully saturated rings. The highest BCUT2D eigenvalue weighted by molar-refractivity contribution is 7.47. The molecule has 0 rings (SSSR count). The number of hydrogen-bond acceptors (Lipinski definition) is 5. The summed E-state index contributed by atoms with van der Waals surface area (Å²) in [7, 11) is 1.63. The van der Waals surface area contributed by atoms with Gasteiger partial charge in [0.15, 0.2) is 0 Å². The fourth-order valence-electron chi connectivity index (χ4n) is 9.10. The van der Waals surface area contributed by atoms with Gasteiger partial charge in [0.05, 0.1) is 39.9 Å². The topological polar surface area (TPSA) is 105 Å². The Hall–Kier alpha value is -0.760. The smallest absolute Gasteiger partial charge is 0.391 e. The minimum absolute atomic E-state index is 0.0771. The Morgan fingerprint density at radius 1 is 0.493 bits per heavy atom. The van der Waals surface area contributed by atoms with Crippen LogP contribution in [0.3, 0.4) is 0 Å². The maximum Gasteiger partial charge on any atom is 0.472 e. The molecular formula is C58H118N2O6P+. The molecule has 0 aliphatic heterocycles. The highest BCUT2D eigenvalue weighted by Gasteiger charge is 2.28. The molecule has 0 aliphatic rings. The van der Waals surface area contributed by atoms with E-state index in [1.807, 2.05) is 21.1 Å². The number of unbranched alkanes of at least 4 members (excludes halogenated alkanes) is 40. The highest BCUT2D eigenvalue weighted by atomic mass is 31.2. The molecule has 1 amide bonds. The molecule has 0 aliphatic carbocycles. The maximum absolute atomic E-state index is 12.9. The van der Waals surface area contributed by atoms with Crippen LogP contribution in [0.25, 0.3) is 0 Å². The molecule has 9 heteroatoms. The van der Waals surface area contributed by atoms with Crippen molar-refractivity contribution in [1.29, 1.82) is 0 Å². The normalized spacial score (nSPS) is 14.0. The third-order valence-electron chi connectivity index (χ3n) is 13.8. The average molecular weight is 971 g/mol. The summed E-state index contributed by atoms with van der Waals surface area (Å²) >= 11 is 0. The van der Waals surface area contributed by atoms with Crippen molar-refractivity contribution in [2.45, 2.75) is 315 Å². The van der Waals surface area contributed by atoms with Gasteiger partial charge in [0.2, 0.25) is 5.91 Å². The molecule has 0 spiro atoms. The number of rotatable bonds is 55. The summed E-state index contributed by atoms with van der Waals surface area (Å²) in [4.78, 5) is 23.1. The Kier molecular flexibility index (Phi) is 49.6. The second-order valence-electron chi connectivity index (χ2n) is 21.7. The Labute approximate surface area is 418 Å². The molecule has 3 atom stereocenters. The van der Waals surface area contributed by atoms with Gasteiger partial charge < -0.3 is 19.8 Å². The molecule has 0 radical (unpaired) electrons. The third kappa shape index (κ3) is 52.9. The van der Waals surface area contributed by atoms with Crippen molar-refractivity contribution in [3.63, 3.8) is 0 Å². The molecule has 0 heterocycles. The number of phosphoric acid groups is 1. The van der Waals surface area contributed by atoms with E-state index in [0.717, 1.165) is 38.5 Å². The van der Waals surface area contributed by atoms with Crippen LogP contribution in [0.4, 0.5) is 0 Å². The number of phosphoric ester groups is 1. The van der Waals surface area contributed by atoms with E-state index in [0.29, 0.717) is 23.9 Å². The molecule has 400 valence electrons. The van der Waals surface area contributed by atoms with Crippen LogP contribution >= 0.6 is 7.82 Å². The first kappa shape index (κ1) is 66.2. The summed E-state index contributed by atoms with van der Waals surface area (Å²) in [6.07, 6.45) is 62.1. The van der Waals surface area contributed by atoms with Crippen LogP contribution in [0.2, 0.25) is 0 Å². The van der Waals surface area contributed by atoms with Crippen molar-refractivity contribution in [3.05, 3.63) is 12.2 Å². The number of aliphatic hydroxyl groups is 1. The average Bonchev–Trinajstić information content (AvgIpc) is 3.29. The molecule has 0 aromatic rings. The van der Waals surface area contributed by atoms with E-state index in [1.165, 1.54) is 238 Å². The van der Waals surface area contributed by atoms with Crippen molar-refractivity contribution >= 4 is 13.7 Å². The zero-order valence-electron chi connectivity index (χ0n) is 45.7. The van der Waals surface area contributed by atoms with Crippen LogP contribution < -0.4 is 5.32 Å². The summed E-state index contributed by atoms with van der Waals surface area (Å²) in [5.74, 6) is -0.144. The molecule has 3 N–H and O–H groups in total. The van der Waals surface area contributed by atoms with Crippen molar-refractivity contribution in [2.75, 3.05) is 40.9 Å². The van der Waals surface area contributed by atoms with Gasteiger partial charge in [-0.1, -0.05) is 270 Å². The van der Waals surface area contributed by atoms with Crippen LogP contribution in [0.5, 0.6) is 0 Å². The summed E-state index contributed by atoms with van der Waals surface area (Å²) < 4.78 is 23.5. The standard InChI is InChI=1S/C58H117N2O6P/c1-6-8-10-12-14-15-16-17-18-19-20-21-22-23-24-25-26-27-28-29-30-31-32-33-34-35-36-37-38-39-40-41-42-43-44-45-46-48-50-52-58(62)59-56(57(61)51-49-47-13-11-9-7-2)55-66-67(63,64)65-54-53-60(3,4)5/h19-20,56-57,61H,6-18,21-55H2,1-5H3,(H-,59,62,63,64)/p+1/b20-19-.